The zero-order chi connectivity index (χ0) is 17.3. The van der Waals surface area contributed by atoms with Gasteiger partial charge in [-0.1, -0.05) is 13.8 Å². The molecule has 2 aliphatic carbocycles. The maximum absolute atomic E-state index is 12.8. The predicted octanol–water partition coefficient (Wildman–Crippen LogP) is 1.60. The Bertz CT molecular complexity index is 956. The third kappa shape index (κ3) is 2.05. The Labute approximate surface area is 145 Å². The minimum atomic E-state index is -0.239. The number of H-pyrrole nitrogens is 1. The lowest BCUT2D eigenvalue weighted by molar-refractivity contribution is 0.260. The highest BCUT2D eigenvalue weighted by atomic mass is 16.6. The van der Waals surface area contributed by atoms with Crippen LogP contribution in [0.1, 0.15) is 51.3 Å². The maximum Gasteiger partial charge on any atom is 0.332 e. The van der Waals surface area contributed by atoms with Crippen molar-refractivity contribution in [1.29, 1.82) is 0 Å². The predicted molar refractivity (Wildman–Crippen MR) is 92.8 cm³/mol. The molecule has 2 aromatic heterocycles. The van der Waals surface area contributed by atoms with Gasteiger partial charge in [-0.25, -0.2) is 9.78 Å². The van der Waals surface area contributed by atoms with Crippen LogP contribution in [-0.4, -0.2) is 31.3 Å². The van der Waals surface area contributed by atoms with Crippen molar-refractivity contribution < 1.29 is 4.74 Å². The minimum absolute atomic E-state index is 0.238. The molecule has 2 saturated carbocycles. The molecule has 0 amide bonds. The Hall–Kier alpha value is -1.89. The number of ether oxygens (including phenoxy) is 1. The zero-order valence-corrected chi connectivity index (χ0v) is 14.7. The van der Waals surface area contributed by atoms with Gasteiger partial charge in [-0.2, -0.15) is 0 Å². The molecule has 1 saturated heterocycles. The number of aryl methyl sites for hydroxylation is 1. The molecule has 2 bridgehead atoms. The molecule has 2 aromatic rings. The summed E-state index contributed by atoms with van der Waals surface area (Å²) in [6.45, 7) is 5.02. The van der Waals surface area contributed by atoms with Crippen LogP contribution in [0.15, 0.2) is 9.59 Å². The number of hydrogen-bond donors (Lipinski definition) is 1. The van der Waals surface area contributed by atoms with E-state index in [1.165, 1.54) is 11.0 Å². The van der Waals surface area contributed by atoms with Crippen molar-refractivity contribution >= 4 is 11.2 Å². The standard InChI is InChI=1S/C18H24N4O3/c1-3-5-21-16-12(17(23)22(6-4-2)18(21)24)19-15(20-16)11-8-9-7-10(11)14-13(9)25-14/h9-11,13-14H,3-8H2,1-2H3,(H,19,20)/t9?,10?,11-,13?,14?/m1/s1. The van der Waals surface area contributed by atoms with E-state index in [0.29, 0.717) is 54.2 Å². The molecular weight excluding hydrogens is 320 g/mol. The molecule has 0 aromatic carbocycles. The molecule has 4 unspecified atom stereocenters. The van der Waals surface area contributed by atoms with Gasteiger partial charge in [0.1, 0.15) is 11.3 Å². The van der Waals surface area contributed by atoms with Crippen LogP contribution in [0.3, 0.4) is 0 Å². The second-order valence-electron chi connectivity index (χ2n) is 7.78. The fraction of sp³-hybridized carbons (Fsp3) is 0.722. The average molecular weight is 344 g/mol. The van der Waals surface area contributed by atoms with Crippen molar-refractivity contribution in [1.82, 2.24) is 19.1 Å². The molecule has 0 spiro atoms. The summed E-state index contributed by atoms with van der Waals surface area (Å²) in [6, 6.07) is 0. The van der Waals surface area contributed by atoms with Gasteiger partial charge in [0.15, 0.2) is 5.65 Å². The lowest BCUT2D eigenvalue weighted by Crippen LogP contribution is -2.40. The van der Waals surface area contributed by atoms with Crippen molar-refractivity contribution in [2.45, 2.75) is 70.7 Å². The zero-order valence-electron chi connectivity index (χ0n) is 14.7. The summed E-state index contributed by atoms with van der Waals surface area (Å²) < 4.78 is 8.77. The van der Waals surface area contributed by atoms with Crippen molar-refractivity contribution in [2.75, 3.05) is 0 Å². The second kappa shape index (κ2) is 5.30. The van der Waals surface area contributed by atoms with E-state index in [4.69, 9.17) is 9.72 Å². The summed E-state index contributed by atoms with van der Waals surface area (Å²) in [6.07, 6.45) is 4.73. The molecule has 134 valence electrons. The third-order valence-corrected chi connectivity index (χ3v) is 6.22. The van der Waals surface area contributed by atoms with E-state index in [2.05, 4.69) is 4.98 Å². The highest BCUT2D eigenvalue weighted by Gasteiger charge is 2.63. The number of epoxide rings is 1. The highest BCUT2D eigenvalue weighted by Crippen LogP contribution is 2.61. The molecule has 1 N–H and O–H groups in total. The van der Waals surface area contributed by atoms with E-state index in [-0.39, 0.29) is 11.2 Å². The van der Waals surface area contributed by atoms with Gasteiger partial charge in [0.2, 0.25) is 0 Å². The lowest BCUT2D eigenvalue weighted by atomic mass is 9.88. The van der Waals surface area contributed by atoms with Crippen molar-refractivity contribution in [3.05, 3.63) is 26.7 Å². The molecule has 3 heterocycles. The van der Waals surface area contributed by atoms with Crippen LogP contribution < -0.4 is 11.2 Å². The first-order chi connectivity index (χ1) is 12.1. The monoisotopic (exact) mass is 344 g/mol. The van der Waals surface area contributed by atoms with Gasteiger partial charge >= 0.3 is 5.69 Å². The lowest BCUT2D eigenvalue weighted by Gasteiger charge is -2.16. The molecular formula is C18H24N4O3. The molecule has 0 radical (unpaired) electrons. The van der Waals surface area contributed by atoms with Crippen LogP contribution in [0, 0.1) is 11.8 Å². The number of aromatic amines is 1. The fourth-order valence-electron chi connectivity index (χ4n) is 5.12. The van der Waals surface area contributed by atoms with Crippen LogP contribution in [-0.2, 0) is 17.8 Å². The number of nitrogens with zero attached hydrogens (tertiary/aromatic N) is 3. The van der Waals surface area contributed by atoms with Gasteiger partial charge in [-0.05, 0) is 37.5 Å². The smallest absolute Gasteiger partial charge is 0.332 e. The Kier molecular flexibility index (Phi) is 3.26. The van der Waals surface area contributed by atoms with Crippen LogP contribution in [0.4, 0.5) is 0 Å². The summed E-state index contributed by atoms with van der Waals surface area (Å²) in [4.78, 5) is 33.6. The van der Waals surface area contributed by atoms with Gasteiger partial charge in [0, 0.05) is 19.0 Å². The van der Waals surface area contributed by atoms with Gasteiger partial charge in [-0.3, -0.25) is 13.9 Å². The molecule has 1 aliphatic heterocycles. The highest BCUT2D eigenvalue weighted by molar-refractivity contribution is 5.70. The Morgan fingerprint density at radius 1 is 1.12 bits per heavy atom. The quantitative estimate of drug-likeness (QED) is 0.835. The largest absolute Gasteiger partial charge is 0.369 e. The summed E-state index contributed by atoms with van der Waals surface area (Å²) in [5.41, 5.74) is 0.525. The van der Waals surface area contributed by atoms with E-state index in [1.54, 1.807) is 4.57 Å². The normalized spacial score (nSPS) is 32.5. The molecule has 5 rings (SSSR count). The van der Waals surface area contributed by atoms with Crippen LogP contribution in [0.2, 0.25) is 0 Å². The number of fused-ring (bicyclic) bond motifs is 6. The van der Waals surface area contributed by atoms with Gasteiger partial charge in [0.05, 0.1) is 12.2 Å². The fourth-order valence-corrected chi connectivity index (χ4v) is 5.12. The summed E-state index contributed by atoms with van der Waals surface area (Å²) >= 11 is 0. The van der Waals surface area contributed by atoms with E-state index in [9.17, 15) is 9.59 Å². The van der Waals surface area contributed by atoms with Crippen LogP contribution in [0.5, 0.6) is 0 Å². The van der Waals surface area contributed by atoms with E-state index >= 15 is 0 Å². The van der Waals surface area contributed by atoms with Crippen molar-refractivity contribution in [3.8, 4) is 0 Å². The Morgan fingerprint density at radius 2 is 1.88 bits per heavy atom. The first-order valence-electron chi connectivity index (χ1n) is 9.52. The number of hydrogen-bond acceptors (Lipinski definition) is 4. The van der Waals surface area contributed by atoms with Gasteiger partial charge in [-0.15, -0.1) is 0 Å². The average Bonchev–Trinajstić information content (AvgIpc) is 2.99. The number of nitrogens with one attached hydrogen (secondary N) is 1. The first kappa shape index (κ1) is 15.4. The van der Waals surface area contributed by atoms with Crippen LogP contribution in [0.25, 0.3) is 11.2 Å². The molecule has 7 heteroatoms. The van der Waals surface area contributed by atoms with Crippen molar-refractivity contribution in [2.24, 2.45) is 11.8 Å². The van der Waals surface area contributed by atoms with Crippen molar-refractivity contribution in [3.63, 3.8) is 0 Å². The van der Waals surface area contributed by atoms with E-state index < -0.39 is 0 Å². The SMILES string of the molecule is CCCn1c(=O)c2[nH]c([C@@H]3CC4CC3C3OC43)nc2n(CCC)c1=O. The first-order valence-corrected chi connectivity index (χ1v) is 9.52. The van der Waals surface area contributed by atoms with Crippen LogP contribution >= 0.6 is 0 Å². The Balaban J connectivity index is 1.65. The molecule has 25 heavy (non-hydrogen) atoms. The van der Waals surface area contributed by atoms with Gasteiger partial charge in [0.25, 0.3) is 5.56 Å². The summed E-state index contributed by atoms with van der Waals surface area (Å²) in [5.74, 6) is 2.35. The van der Waals surface area contributed by atoms with E-state index in [1.807, 2.05) is 13.8 Å². The van der Waals surface area contributed by atoms with E-state index in [0.717, 1.165) is 25.1 Å². The third-order valence-electron chi connectivity index (χ3n) is 6.22. The number of aromatic nitrogens is 4. The summed E-state index contributed by atoms with van der Waals surface area (Å²) in [7, 11) is 0. The molecule has 5 atom stereocenters. The van der Waals surface area contributed by atoms with Gasteiger partial charge < -0.3 is 9.72 Å². The second-order valence-corrected chi connectivity index (χ2v) is 7.78. The maximum atomic E-state index is 12.8. The minimum Gasteiger partial charge on any atom is -0.369 e. The topological polar surface area (TPSA) is 85.2 Å². The molecule has 3 aliphatic rings. The number of imidazole rings is 1. The number of rotatable bonds is 5. The molecule has 7 nitrogen and oxygen atoms in total. The summed E-state index contributed by atoms with van der Waals surface area (Å²) in [5, 5.41) is 0. The molecule has 3 fully saturated rings. The Morgan fingerprint density at radius 3 is 2.56 bits per heavy atom.